The summed E-state index contributed by atoms with van der Waals surface area (Å²) in [5.74, 6) is 0.666. The molecule has 3 heterocycles. The maximum Gasteiger partial charge on any atom is 0.323 e. The van der Waals surface area contributed by atoms with Crippen LogP contribution in [0.15, 0.2) is 11.4 Å². The first kappa shape index (κ1) is 17.3. The summed E-state index contributed by atoms with van der Waals surface area (Å²) in [6.45, 7) is 6.70. The van der Waals surface area contributed by atoms with Gasteiger partial charge in [0.05, 0.1) is 30.7 Å². The quantitative estimate of drug-likeness (QED) is 0.878. The average Bonchev–Trinajstić information content (AvgIpc) is 3.21. The number of hydrogen-bond acceptors (Lipinski definition) is 7. The van der Waals surface area contributed by atoms with Crippen LogP contribution in [0.2, 0.25) is 0 Å². The molecule has 1 N–H and O–H groups in total. The van der Waals surface area contributed by atoms with E-state index in [1.165, 1.54) is 11.5 Å². The summed E-state index contributed by atoms with van der Waals surface area (Å²) in [5, 5.41) is 5.35. The van der Waals surface area contributed by atoms with Crippen LogP contribution < -0.4 is 5.32 Å². The highest BCUT2D eigenvalue weighted by Gasteiger charge is 2.25. The van der Waals surface area contributed by atoms with E-state index in [1.807, 2.05) is 25.3 Å². The Balaban J connectivity index is 1.59. The van der Waals surface area contributed by atoms with Crippen molar-refractivity contribution in [3.63, 3.8) is 0 Å². The predicted molar refractivity (Wildman–Crippen MR) is 94.8 cm³/mol. The second kappa shape index (κ2) is 8.02. The van der Waals surface area contributed by atoms with Crippen LogP contribution >= 0.6 is 22.9 Å². The Kier molecular flexibility index (Phi) is 5.77. The maximum atomic E-state index is 12.4. The molecule has 2 aromatic heterocycles. The number of urea groups is 1. The second-order valence-electron chi connectivity index (χ2n) is 5.38. The number of rotatable bonds is 5. The molecular formula is C15H20N4O3S2. The van der Waals surface area contributed by atoms with Gasteiger partial charge in [0.2, 0.25) is 5.13 Å². The van der Waals surface area contributed by atoms with Gasteiger partial charge in [0.1, 0.15) is 0 Å². The number of anilines is 1. The molecule has 0 aromatic carbocycles. The van der Waals surface area contributed by atoms with Crippen molar-refractivity contribution in [3.05, 3.63) is 17.0 Å². The van der Waals surface area contributed by atoms with E-state index >= 15 is 0 Å². The number of morpholine rings is 1. The molecule has 1 fully saturated rings. The minimum Gasteiger partial charge on any atom is -0.379 e. The van der Waals surface area contributed by atoms with E-state index in [4.69, 9.17) is 9.47 Å². The molecule has 1 unspecified atom stereocenters. The van der Waals surface area contributed by atoms with Crippen LogP contribution in [-0.4, -0.2) is 59.3 Å². The number of nitrogens with zero attached hydrogens (tertiary/aromatic N) is 3. The number of thiophene rings is 1. The minimum absolute atomic E-state index is 0.0804. The van der Waals surface area contributed by atoms with Crippen molar-refractivity contribution < 1.29 is 14.3 Å². The van der Waals surface area contributed by atoms with Crippen molar-refractivity contribution in [2.24, 2.45) is 0 Å². The number of carbonyl (C=O) groups is 1. The van der Waals surface area contributed by atoms with Gasteiger partial charge in [-0.1, -0.05) is 0 Å². The zero-order valence-corrected chi connectivity index (χ0v) is 15.3. The molecule has 3 rings (SSSR count). The van der Waals surface area contributed by atoms with Crippen LogP contribution in [0.3, 0.4) is 0 Å². The molecule has 7 nitrogen and oxygen atoms in total. The summed E-state index contributed by atoms with van der Waals surface area (Å²) in [6, 6.07) is 1.86. The molecule has 0 radical (unpaired) electrons. The van der Waals surface area contributed by atoms with Crippen molar-refractivity contribution in [2.75, 3.05) is 38.2 Å². The summed E-state index contributed by atoms with van der Waals surface area (Å²) < 4.78 is 15.3. The summed E-state index contributed by atoms with van der Waals surface area (Å²) in [7, 11) is 0. The highest BCUT2D eigenvalue weighted by molar-refractivity contribution is 7.14. The number of hydrogen-bond donors (Lipinski definition) is 1. The highest BCUT2D eigenvalue weighted by atomic mass is 32.1. The molecule has 2 amide bonds. The predicted octanol–water partition coefficient (Wildman–Crippen LogP) is 2.84. The van der Waals surface area contributed by atoms with E-state index in [2.05, 4.69) is 14.7 Å². The van der Waals surface area contributed by atoms with Gasteiger partial charge in [0, 0.05) is 24.7 Å². The van der Waals surface area contributed by atoms with E-state index in [0.717, 1.165) is 10.4 Å². The minimum atomic E-state index is -0.176. The largest absolute Gasteiger partial charge is 0.379 e. The lowest BCUT2D eigenvalue weighted by Gasteiger charge is -2.32. The molecule has 24 heavy (non-hydrogen) atoms. The molecule has 1 aliphatic rings. The summed E-state index contributed by atoms with van der Waals surface area (Å²) in [4.78, 5) is 19.6. The van der Waals surface area contributed by atoms with Crippen molar-refractivity contribution in [1.82, 2.24) is 14.3 Å². The topological polar surface area (TPSA) is 76.6 Å². The van der Waals surface area contributed by atoms with Gasteiger partial charge in [-0.2, -0.15) is 9.36 Å². The Labute approximate surface area is 148 Å². The van der Waals surface area contributed by atoms with Gasteiger partial charge in [0.15, 0.2) is 5.82 Å². The monoisotopic (exact) mass is 368 g/mol. The smallest absolute Gasteiger partial charge is 0.323 e. The molecule has 130 valence electrons. The Morgan fingerprint density at radius 3 is 3.21 bits per heavy atom. The lowest BCUT2D eigenvalue weighted by Crippen LogP contribution is -2.48. The fourth-order valence-corrected chi connectivity index (χ4v) is 3.87. The molecule has 0 spiro atoms. The SMILES string of the molecule is CCOCC1CN(C(=O)Nc2nc(-c3sccc3C)ns2)CCO1. The number of ether oxygens (including phenoxy) is 2. The molecule has 1 atom stereocenters. The first-order valence-electron chi connectivity index (χ1n) is 7.80. The van der Waals surface area contributed by atoms with Crippen LogP contribution in [0.5, 0.6) is 0 Å². The lowest BCUT2D eigenvalue weighted by atomic mass is 10.3. The number of aryl methyl sites for hydroxylation is 1. The molecule has 1 aliphatic heterocycles. The first-order chi connectivity index (χ1) is 11.7. The molecule has 0 aliphatic carbocycles. The van der Waals surface area contributed by atoms with Gasteiger partial charge in [-0.3, -0.25) is 5.32 Å². The molecular weight excluding hydrogens is 348 g/mol. The maximum absolute atomic E-state index is 12.4. The summed E-state index contributed by atoms with van der Waals surface area (Å²) in [5.41, 5.74) is 1.14. The van der Waals surface area contributed by atoms with Gasteiger partial charge in [-0.25, -0.2) is 4.79 Å². The summed E-state index contributed by atoms with van der Waals surface area (Å²) in [6.07, 6.45) is -0.0804. The van der Waals surface area contributed by atoms with E-state index in [-0.39, 0.29) is 12.1 Å². The van der Waals surface area contributed by atoms with Crippen molar-refractivity contribution in [3.8, 4) is 10.7 Å². The Morgan fingerprint density at radius 1 is 1.58 bits per heavy atom. The third-order valence-corrected chi connectivity index (χ3v) is 5.28. The van der Waals surface area contributed by atoms with E-state index < -0.39 is 0 Å². The van der Waals surface area contributed by atoms with Gasteiger partial charge in [-0.15, -0.1) is 11.3 Å². The average molecular weight is 368 g/mol. The van der Waals surface area contributed by atoms with Crippen molar-refractivity contribution in [2.45, 2.75) is 20.0 Å². The normalized spacial score (nSPS) is 17.9. The lowest BCUT2D eigenvalue weighted by molar-refractivity contribution is -0.0555. The molecule has 0 saturated carbocycles. The van der Waals surface area contributed by atoms with Crippen LogP contribution in [0.1, 0.15) is 12.5 Å². The van der Waals surface area contributed by atoms with Crippen LogP contribution in [-0.2, 0) is 9.47 Å². The zero-order chi connectivity index (χ0) is 16.9. The number of aromatic nitrogens is 2. The van der Waals surface area contributed by atoms with E-state index in [1.54, 1.807) is 16.2 Å². The highest BCUT2D eigenvalue weighted by Crippen LogP contribution is 2.29. The molecule has 0 bridgehead atoms. The Bertz CT molecular complexity index is 688. The third kappa shape index (κ3) is 4.10. The van der Waals surface area contributed by atoms with Gasteiger partial charge >= 0.3 is 6.03 Å². The fraction of sp³-hybridized carbons (Fsp3) is 0.533. The van der Waals surface area contributed by atoms with Crippen LogP contribution in [0, 0.1) is 6.92 Å². The van der Waals surface area contributed by atoms with Crippen molar-refractivity contribution >= 4 is 34.0 Å². The summed E-state index contributed by atoms with van der Waals surface area (Å²) >= 11 is 2.79. The first-order valence-corrected chi connectivity index (χ1v) is 9.46. The number of amides is 2. The van der Waals surface area contributed by atoms with Gasteiger partial charge < -0.3 is 14.4 Å². The van der Waals surface area contributed by atoms with Crippen molar-refractivity contribution in [1.29, 1.82) is 0 Å². The third-order valence-electron chi connectivity index (χ3n) is 3.64. The van der Waals surface area contributed by atoms with Crippen LogP contribution in [0.25, 0.3) is 10.7 Å². The van der Waals surface area contributed by atoms with E-state index in [0.29, 0.717) is 43.9 Å². The van der Waals surface area contributed by atoms with E-state index in [9.17, 15) is 4.79 Å². The fourth-order valence-electron chi connectivity index (χ4n) is 2.39. The van der Waals surface area contributed by atoms with Gasteiger partial charge in [-0.05, 0) is 30.9 Å². The zero-order valence-electron chi connectivity index (χ0n) is 13.7. The molecule has 1 saturated heterocycles. The van der Waals surface area contributed by atoms with Crippen LogP contribution in [0.4, 0.5) is 9.93 Å². The molecule has 2 aromatic rings. The molecule has 9 heteroatoms. The Morgan fingerprint density at radius 2 is 2.46 bits per heavy atom. The standard InChI is InChI=1S/C15H20N4O3S2/c1-3-21-9-11-8-19(5-6-22-11)15(20)17-14-16-13(18-24-14)12-10(2)4-7-23-12/h4,7,11H,3,5-6,8-9H2,1-2H3,(H,16,17,18,20). The number of carbonyl (C=O) groups excluding carboxylic acids is 1. The number of nitrogens with one attached hydrogen (secondary N) is 1. The second-order valence-corrected chi connectivity index (χ2v) is 7.05. The van der Waals surface area contributed by atoms with Gasteiger partial charge in [0.25, 0.3) is 0 Å². The Hall–Kier alpha value is -1.55.